The zero-order valence-corrected chi connectivity index (χ0v) is 18.1. The molecular formula is C19H19N5OS3. The zero-order chi connectivity index (χ0) is 19.7. The van der Waals surface area contributed by atoms with Gasteiger partial charge < -0.3 is 9.88 Å². The number of benzene rings is 1. The third-order valence-corrected chi connectivity index (χ3v) is 7.36. The lowest BCUT2D eigenvalue weighted by molar-refractivity contribution is -0.113. The first-order valence-corrected chi connectivity index (χ1v) is 11.5. The van der Waals surface area contributed by atoms with E-state index in [-0.39, 0.29) is 11.7 Å². The fraction of sp³-hybridized carbons (Fsp3) is 0.263. The van der Waals surface area contributed by atoms with Crippen molar-refractivity contribution < 1.29 is 4.79 Å². The third-order valence-electron chi connectivity index (χ3n) is 4.15. The smallest absolute Gasteiger partial charge is 0.236 e. The second-order valence-corrected chi connectivity index (χ2v) is 9.50. The van der Waals surface area contributed by atoms with Crippen LogP contribution < -0.4 is 5.32 Å². The van der Waals surface area contributed by atoms with Crippen LogP contribution in [0.3, 0.4) is 0 Å². The number of para-hydroxylation sites is 1. The van der Waals surface area contributed by atoms with Crippen molar-refractivity contribution in [3.63, 3.8) is 0 Å². The highest BCUT2D eigenvalue weighted by molar-refractivity contribution is 7.99. The Bertz CT molecular complexity index is 1090. The third kappa shape index (κ3) is 3.96. The van der Waals surface area contributed by atoms with Gasteiger partial charge in [0.2, 0.25) is 5.91 Å². The van der Waals surface area contributed by atoms with Crippen LogP contribution in [0.25, 0.3) is 21.6 Å². The predicted octanol–water partition coefficient (Wildman–Crippen LogP) is 5.01. The topological polar surface area (TPSA) is 72.7 Å². The van der Waals surface area contributed by atoms with Crippen molar-refractivity contribution in [2.75, 3.05) is 11.1 Å². The molecule has 0 radical (unpaired) electrons. The first-order valence-electron chi connectivity index (χ1n) is 8.77. The van der Waals surface area contributed by atoms with Crippen molar-refractivity contribution in [3.05, 3.63) is 40.6 Å². The molecule has 3 aromatic heterocycles. The van der Waals surface area contributed by atoms with Gasteiger partial charge in [0.25, 0.3) is 0 Å². The number of rotatable bonds is 6. The van der Waals surface area contributed by atoms with E-state index in [1.54, 1.807) is 11.3 Å². The highest BCUT2D eigenvalue weighted by Gasteiger charge is 2.15. The minimum absolute atomic E-state index is 0.105. The van der Waals surface area contributed by atoms with Crippen LogP contribution in [0.4, 0.5) is 5.13 Å². The number of amides is 1. The van der Waals surface area contributed by atoms with Gasteiger partial charge in [-0.3, -0.25) is 4.79 Å². The summed E-state index contributed by atoms with van der Waals surface area (Å²) in [5.74, 6) is 1.46. The first kappa shape index (κ1) is 19.1. The molecule has 0 fully saturated rings. The van der Waals surface area contributed by atoms with Gasteiger partial charge in [0, 0.05) is 22.9 Å². The lowest BCUT2D eigenvalue weighted by atomic mass is 10.1. The number of thiazole rings is 1. The molecule has 0 unspecified atom stereocenters. The molecular weight excluding hydrogens is 410 g/mol. The summed E-state index contributed by atoms with van der Waals surface area (Å²) in [5, 5.41) is 14.9. The molecule has 6 nitrogen and oxygen atoms in total. The van der Waals surface area contributed by atoms with Gasteiger partial charge in [0.1, 0.15) is 0 Å². The highest BCUT2D eigenvalue weighted by Crippen LogP contribution is 2.30. The SMILES string of the molecule is CC(C)c1cc(-c2nnc(SCC(=O)Nc3nc4ccccc4s3)n2C)cs1. The lowest BCUT2D eigenvalue weighted by Crippen LogP contribution is -2.14. The Morgan fingerprint density at radius 2 is 2.11 bits per heavy atom. The molecule has 1 aromatic carbocycles. The van der Waals surface area contributed by atoms with E-state index in [1.807, 2.05) is 35.9 Å². The first-order chi connectivity index (χ1) is 13.5. The molecule has 0 aliphatic heterocycles. The van der Waals surface area contributed by atoms with Crippen molar-refractivity contribution in [1.82, 2.24) is 19.7 Å². The molecule has 1 N–H and O–H groups in total. The molecule has 4 aromatic rings. The Kier molecular flexibility index (Phi) is 5.47. The molecule has 0 saturated heterocycles. The second kappa shape index (κ2) is 8.02. The molecule has 0 aliphatic rings. The molecule has 0 atom stereocenters. The van der Waals surface area contributed by atoms with Gasteiger partial charge in [-0.15, -0.1) is 21.5 Å². The van der Waals surface area contributed by atoms with Crippen LogP contribution >= 0.6 is 34.4 Å². The number of carbonyl (C=O) groups excluding carboxylic acids is 1. The van der Waals surface area contributed by atoms with Crippen molar-refractivity contribution >= 4 is 55.7 Å². The molecule has 4 rings (SSSR count). The van der Waals surface area contributed by atoms with E-state index in [9.17, 15) is 4.79 Å². The average Bonchev–Trinajstić information content (AvgIpc) is 3.37. The quantitative estimate of drug-likeness (QED) is 0.436. The number of anilines is 1. The van der Waals surface area contributed by atoms with Crippen LogP contribution in [0.5, 0.6) is 0 Å². The minimum Gasteiger partial charge on any atom is -0.305 e. The van der Waals surface area contributed by atoms with Crippen LogP contribution in [-0.2, 0) is 11.8 Å². The van der Waals surface area contributed by atoms with Gasteiger partial charge in [0.15, 0.2) is 16.1 Å². The summed E-state index contributed by atoms with van der Waals surface area (Å²) in [6, 6.07) is 9.99. The molecule has 0 saturated carbocycles. The Balaban J connectivity index is 1.40. The van der Waals surface area contributed by atoms with Crippen LogP contribution in [0, 0.1) is 0 Å². The van der Waals surface area contributed by atoms with E-state index in [0.29, 0.717) is 16.2 Å². The standard InChI is InChI=1S/C19H19N5OS3/c1-11(2)15-8-12(9-26-15)17-22-23-19(24(17)3)27-10-16(25)21-18-20-13-6-4-5-7-14(13)28-18/h4-9,11H,10H2,1-3H3,(H,20,21,25). The normalized spacial score (nSPS) is 11.4. The minimum atomic E-state index is -0.105. The maximum absolute atomic E-state index is 12.3. The predicted molar refractivity (Wildman–Crippen MR) is 117 cm³/mol. The Morgan fingerprint density at radius 1 is 1.29 bits per heavy atom. The van der Waals surface area contributed by atoms with Crippen LogP contribution in [0.2, 0.25) is 0 Å². The molecule has 28 heavy (non-hydrogen) atoms. The molecule has 0 spiro atoms. The van der Waals surface area contributed by atoms with E-state index < -0.39 is 0 Å². The fourth-order valence-corrected chi connectivity index (χ4v) is 5.17. The number of aromatic nitrogens is 4. The van der Waals surface area contributed by atoms with Gasteiger partial charge in [-0.2, -0.15) is 0 Å². The Labute approximate surface area is 175 Å². The number of hydrogen-bond acceptors (Lipinski definition) is 7. The number of hydrogen-bond donors (Lipinski definition) is 1. The van der Waals surface area contributed by atoms with Gasteiger partial charge in [-0.05, 0) is 24.1 Å². The van der Waals surface area contributed by atoms with Gasteiger partial charge in [-0.25, -0.2) is 4.98 Å². The number of fused-ring (bicyclic) bond motifs is 1. The maximum Gasteiger partial charge on any atom is 0.236 e. The average molecular weight is 430 g/mol. The molecule has 0 bridgehead atoms. The van der Waals surface area contributed by atoms with Gasteiger partial charge >= 0.3 is 0 Å². The monoisotopic (exact) mass is 429 g/mol. The van der Waals surface area contributed by atoms with Crippen LogP contribution in [-0.4, -0.2) is 31.4 Å². The number of thiophene rings is 1. The fourth-order valence-electron chi connectivity index (χ4n) is 2.68. The van der Waals surface area contributed by atoms with Crippen molar-refractivity contribution in [2.45, 2.75) is 24.9 Å². The van der Waals surface area contributed by atoms with E-state index >= 15 is 0 Å². The highest BCUT2D eigenvalue weighted by atomic mass is 32.2. The lowest BCUT2D eigenvalue weighted by Gasteiger charge is -2.03. The summed E-state index contributed by atoms with van der Waals surface area (Å²) in [4.78, 5) is 18.1. The van der Waals surface area contributed by atoms with Crippen molar-refractivity contribution in [3.8, 4) is 11.4 Å². The van der Waals surface area contributed by atoms with Crippen molar-refractivity contribution in [2.24, 2.45) is 7.05 Å². The molecule has 144 valence electrons. The number of carbonyl (C=O) groups is 1. The summed E-state index contributed by atoms with van der Waals surface area (Å²) < 4.78 is 2.99. The van der Waals surface area contributed by atoms with Crippen molar-refractivity contribution in [1.29, 1.82) is 0 Å². The summed E-state index contributed by atoms with van der Waals surface area (Å²) in [6.07, 6.45) is 0. The summed E-state index contributed by atoms with van der Waals surface area (Å²) in [6.45, 7) is 4.36. The van der Waals surface area contributed by atoms with E-state index in [4.69, 9.17) is 0 Å². The van der Waals surface area contributed by atoms with Crippen LogP contribution in [0.15, 0.2) is 40.9 Å². The molecule has 9 heteroatoms. The summed E-state index contributed by atoms with van der Waals surface area (Å²) >= 11 is 4.57. The number of thioether (sulfide) groups is 1. The van der Waals surface area contributed by atoms with Crippen LogP contribution in [0.1, 0.15) is 24.6 Å². The summed E-state index contributed by atoms with van der Waals surface area (Å²) in [5.41, 5.74) is 1.96. The molecule has 3 heterocycles. The maximum atomic E-state index is 12.3. The van der Waals surface area contributed by atoms with E-state index in [0.717, 1.165) is 21.6 Å². The molecule has 1 amide bonds. The molecule has 0 aliphatic carbocycles. The number of nitrogens with one attached hydrogen (secondary N) is 1. The number of nitrogens with zero attached hydrogens (tertiary/aromatic N) is 4. The summed E-state index contributed by atoms with van der Waals surface area (Å²) in [7, 11) is 1.93. The van der Waals surface area contributed by atoms with E-state index in [1.165, 1.54) is 28.0 Å². The van der Waals surface area contributed by atoms with E-state index in [2.05, 4.69) is 45.8 Å². The van der Waals surface area contributed by atoms with Gasteiger partial charge in [-0.1, -0.05) is 49.1 Å². The Hall–Kier alpha value is -2.23. The second-order valence-electron chi connectivity index (χ2n) is 6.58. The van der Waals surface area contributed by atoms with Gasteiger partial charge in [0.05, 0.1) is 16.0 Å². The largest absolute Gasteiger partial charge is 0.305 e. The zero-order valence-electron chi connectivity index (χ0n) is 15.7. The Morgan fingerprint density at radius 3 is 2.86 bits per heavy atom.